The minimum atomic E-state index is -1.36. The highest BCUT2D eigenvalue weighted by atomic mass is 16.1. The van der Waals surface area contributed by atoms with Crippen LogP contribution in [-0.4, -0.2) is 5.78 Å². The van der Waals surface area contributed by atoms with Crippen LogP contribution in [0.15, 0.2) is 273 Å². The first-order valence-corrected chi connectivity index (χ1v) is 21.3. The van der Waals surface area contributed by atoms with Gasteiger partial charge in [-0.1, -0.05) is 273 Å². The van der Waals surface area contributed by atoms with Gasteiger partial charge < -0.3 is 0 Å². The average molecular weight is 783 g/mol. The van der Waals surface area contributed by atoms with Crippen molar-refractivity contribution in [3.05, 3.63) is 323 Å². The highest BCUT2D eigenvalue weighted by Gasteiger charge is 2.82. The molecule has 1 saturated carbocycles. The molecule has 0 bridgehead atoms. The van der Waals surface area contributed by atoms with Crippen molar-refractivity contribution < 1.29 is 4.79 Å². The van der Waals surface area contributed by atoms with Crippen molar-refractivity contribution in [3.8, 4) is 0 Å². The minimum absolute atomic E-state index is 0.124. The van der Waals surface area contributed by atoms with E-state index in [0.717, 1.165) is 50.1 Å². The molecule has 9 aromatic carbocycles. The summed E-state index contributed by atoms with van der Waals surface area (Å²) in [4.78, 5) is 18.1. The number of rotatable bonds is 9. The first kappa shape index (κ1) is 37.9. The van der Waals surface area contributed by atoms with E-state index < -0.39 is 27.6 Å². The quantitative estimate of drug-likeness (QED) is 0.143. The molecule has 1 aliphatic carbocycles. The topological polar surface area (TPSA) is 17.1 Å². The number of carbonyl (C=O) groups is 1. The summed E-state index contributed by atoms with van der Waals surface area (Å²) in [5.74, 6) is -0.612. The molecule has 0 aliphatic heterocycles. The van der Waals surface area contributed by atoms with Gasteiger partial charge >= 0.3 is 0 Å². The predicted octanol–water partition coefficient (Wildman–Crippen LogP) is 13.3. The molecule has 1 heteroatoms. The average Bonchev–Trinajstić information content (AvgIpc) is 3.36. The Morgan fingerprint density at radius 3 is 0.770 bits per heavy atom. The van der Waals surface area contributed by atoms with Crippen LogP contribution in [0.4, 0.5) is 0 Å². The summed E-state index contributed by atoms with van der Waals surface area (Å²) in [5, 5.41) is 0. The van der Waals surface area contributed by atoms with Crippen LogP contribution in [0.2, 0.25) is 0 Å². The fourth-order valence-electron chi connectivity index (χ4n) is 11.9. The Morgan fingerprint density at radius 2 is 0.475 bits per heavy atom. The SMILES string of the molecule is O=C1C(c2ccccc2)C(c2ccccc2)(c2ccccc2)C(c2ccccc2)(c2ccccc2)C(c2ccccc2)(c2ccccc2)C1(c1ccccc1)c1ccccc1. The highest BCUT2D eigenvalue weighted by molar-refractivity contribution is 6.06. The van der Waals surface area contributed by atoms with Crippen LogP contribution >= 0.6 is 0 Å². The van der Waals surface area contributed by atoms with Crippen LogP contribution < -0.4 is 0 Å². The van der Waals surface area contributed by atoms with E-state index in [-0.39, 0.29) is 5.78 Å². The molecule has 0 spiro atoms. The molecule has 1 aliphatic rings. The van der Waals surface area contributed by atoms with E-state index in [1.54, 1.807) is 0 Å². The third kappa shape index (κ3) is 5.30. The molecule has 1 nitrogen and oxygen atoms in total. The van der Waals surface area contributed by atoms with E-state index in [0.29, 0.717) is 0 Å². The van der Waals surface area contributed by atoms with Crippen molar-refractivity contribution in [1.29, 1.82) is 0 Å². The van der Waals surface area contributed by atoms with Crippen molar-refractivity contribution in [2.45, 2.75) is 27.6 Å². The first-order chi connectivity index (χ1) is 30.2. The normalized spacial score (nSPS) is 17.2. The van der Waals surface area contributed by atoms with Gasteiger partial charge in [0.15, 0.2) is 5.78 Å². The van der Waals surface area contributed by atoms with Gasteiger partial charge in [0.05, 0.1) is 22.2 Å². The second kappa shape index (κ2) is 15.7. The van der Waals surface area contributed by atoms with Crippen molar-refractivity contribution >= 4 is 5.78 Å². The minimum Gasteiger partial charge on any atom is -0.298 e. The van der Waals surface area contributed by atoms with Gasteiger partial charge in [0.25, 0.3) is 0 Å². The number of hydrogen-bond donors (Lipinski definition) is 0. The van der Waals surface area contributed by atoms with Crippen LogP contribution in [0.3, 0.4) is 0 Å². The van der Waals surface area contributed by atoms with Crippen molar-refractivity contribution in [2.24, 2.45) is 0 Å². The lowest BCUT2D eigenvalue weighted by molar-refractivity contribution is -0.136. The third-order valence-electron chi connectivity index (χ3n) is 13.6. The lowest BCUT2D eigenvalue weighted by Gasteiger charge is -2.73. The first-order valence-electron chi connectivity index (χ1n) is 21.3. The van der Waals surface area contributed by atoms with Gasteiger partial charge in [-0.05, 0) is 50.1 Å². The molecule has 61 heavy (non-hydrogen) atoms. The molecule has 0 saturated heterocycles. The van der Waals surface area contributed by atoms with E-state index in [9.17, 15) is 0 Å². The van der Waals surface area contributed by atoms with Crippen molar-refractivity contribution in [2.75, 3.05) is 0 Å². The van der Waals surface area contributed by atoms with E-state index in [1.807, 2.05) is 0 Å². The smallest absolute Gasteiger partial charge is 0.157 e. The summed E-state index contributed by atoms with van der Waals surface area (Å²) in [6, 6.07) is 98.1. The van der Waals surface area contributed by atoms with E-state index in [1.165, 1.54) is 0 Å². The molecule has 0 heterocycles. The van der Waals surface area contributed by atoms with E-state index in [2.05, 4.69) is 273 Å². The second-order valence-corrected chi connectivity index (χ2v) is 16.2. The lowest BCUT2D eigenvalue weighted by Crippen LogP contribution is -2.79. The van der Waals surface area contributed by atoms with Gasteiger partial charge in [-0.25, -0.2) is 0 Å². The van der Waals surface area contributed by atoms with Crippen molar-refractivity contribution in [3.63, 3.8) is 0 Å². The molecule has 1 fully saturated rings. The van der Waals surface area contributed by atoms with Gasteiger partial charge in [-0.2, -0.15) is 0 Å². The fourth-order valence-corrected chi connectivity index (χ4v) is 11.9. The zero-order chi connectivity index (χ0) is 41.2. The summed E-state index contributed by atoms with van der Waals surface area (Å²) < 4.78 is 0. The Bertz CT molecular complexity index is 2670. The molecule has 0 N–H and O–H groups in total. The molecule has 10 rings (SSSR count). The number of carbonyl (C=O) groups excluding carboxylic acids is 1. The monoisotopic (exact) mass is 782 g/mol. The molecule has 292 valence electrons. The maximum Gasteiger partial charge on any atom is 0.157 e. The van der Waals surface area contributed by atoms with Gasteiger partial charge in [-0.15, -0.1) is 0 Å². The Labute approximate surface area is 359 Å². The molecule has 1 unspecified atom stereocenters. The Morgan fingerprint density at radius 1 is 0.246 bits per heavy atom. The Balaban J connectivity index is 1.65. The lowest BCUT2D eigenvalue weighted by atomic mass is 9.26. The molecule has 0 radical (unpaired) electrons. The maximum atomic E-state index is 18.1. The molecule has 9 aromatic rings. The number of Topliss-reactive ketones (excluding diaryl/α,β-unsaturated/α-hetero) is 1. The second-order valence-electron chi connectivity index (χ2n) is 16.2. The van der Waals surface area contributed by atoms with Crippen LogP contribution in [0.1, 0.15) is 56.0 Å². The fraction of sp³-hybridized carbons (Fsp3) is 0.0833. The summed E-state index contributed by atoms with van der Waals surface area (Å²) in [6.45, 7) is 0. The Kier molecular flexibility index (Phi) is 9.74. The molecule has 0 aromatic heterocycles. The largest absolute Gasteiger partial charge is 0.298 e. The predicted molar refractivity (Wildman–Crippen MR) is 249 cm³/mol. The summed E-state index contributed by atoms with van der Waals surface area (Å²) in [7, 11) is 0. The molecular weight excluding hydrogens is 737 g/mol. The Hall–Kier alpha value is -7.35. The van der Waals surface area contributed by atoms with Gasteiger partial charge in [0.1, 0.15) is 0 Å². The highest BCUT2D eigenvalue weighted by Crippen LogP contribution is 2.77. The maximum absolute atomic E-state index is 18.1. The van der Waals surface area contributed by atoms with Crippen LogP contribution in [0, 0.1) is 0 Å². The van der Waals surface area contributed by atoms with Crippen molar-refractivity contribution in [1.82, 2.24) is 0 Å². The third-order valence-corrected chi connectivity index (χ3v) is 13.6. The van der Waals surface area contributed by atoms with Crippen LogP contribution in [-0.2, 0) is 26.5 Å². The number of hydrogen-bond acceptors (Lipinski definition) is 1. The summed E-state index contributed by atoms with van der Waals surface area (Å²) in [6.07, 6.45) is 0. The van der Waals surface area contributed by atoms with E-state index >= 15 is 4.79 Å². The van der Waals surface area contributed by atoms with Gasteiger partial charge in [-0.3, -0.25) is 4.79 Å². The molecule has 0 amide bonds. The van der Waals surface area contributed by atoms with Crippen LogP contribution in [0.25, 0.3) is 0 Å². The molecule has 1 atom stereocenters. The molecular formula is C60H46O. The summed E-state index contributed by atoms with van der Waals surface area (Å²) >= 11 is 0. The van der Waals surface area contributed by atoms with Gasteiger partial charge in [0.2, 0.25) is 0 Å². The summed E-state index contributed by atoms with van der Waals surface area (Å²) in [5.41, 5.74) is 4.42. The van der Waals surface area contributed by atoms with Gasteiger partial charge in [0, 0.05) is 5.41 Å². The number of benzene rings is 9. The van der Waals surface area contributed by atoms with E-state index in [4.69, 9.17) is 0 Å². The zero-order valence-electron chi connectivity index (χ0n) is 34.0. The standard InChI is InChI=1S/C60H46O/c61-56-55(46-28-10-1-11-29-46)57(47-30-12-2-13-31-47,48-32-14-3-15-33-48)59(51-38-20-6-21-39-51,52-40-22-7-23-41-52)60(53-42-24-8-25-43-53,54-44-26-9-27-45-54)58(56,49-34-16-4-17-35-49)50-36-18-5-19-37-50/h1-45,55H. The van der Waals surface area contributed by atoms with Crippen LogP contribution in [0.5, 0.6) is 0 Å². The zero-order valence-corrected chi connectivity index (χ0v) is 34.0. The number of ketones is 1.